The van der Waals surface area contributed by atoms with E-state index in [2.05, 4.69) is 4.98 Å². The maximum atomic E-state index is 12.1. The molecule has 0 bridgehead atoms. The van der Waals surface area contributed by atoms with Crippen molar-refractivity contribution < 1.29 is 14.3 Å². The number of nitrogens with zero attached hydrogens (tertiary/aromatic N) is 2. The van der Waals surface area contributed by atoms with Gasteiger partial charge in [0.2, 0.25) is 5.88 Å². The van der Waals surface area contributed by atoms with Crippen molar-refractivity contribution in [2.24, 2.45) is 0 Å². The second-order valence-electron chi connectivity index (χ2n) is 6.24. The van der Waals surface area contributed by atoms with Gasteiger partial charge >= 0.3 is 6.09 Å². The molecule has 1 aromatic heterocycles. The highest BCUT2D eigenvalue weighted by Crippen LogP contribution is 2.31. The number of carbonyl (C=O) groups excluding carboxylic acids is 1. The molecule has 1 saturated heterocycles. The number of methoxy groups -OCH3 is 1. The van der Waals surface area contributed by atoms with E-state index in [4.69, 9.17) is 15.2 Å². The molecule has 1 unspecified atom stereocenters. The fourth-order valence-corrected chi connectivity index (χ4v) is 2.43. The number of hydrogen-bond donors (Lipinski definition) is 1. The van der Waals surface area contributed by atoms with Gasteiger partial charge in [-0.1, -0.05) is 0 Å². The van der Waals surface area contributed by atoms with E-state index < -0.39 is 5.60 Å². The number of pyridine rings is 1. The number of aromatic nitrogens is 1. The molecular formula is C15H23N3O3. The monoisotopic (exact) mass is 293 g/mol. The second kappa shape index (κ2) is 5.79. The molecule has 1 fully saturated rings. The van der Waals surface area contributed by atoms with Crippen LogP contribution in [0, 0.1) is 0 Å². The first-order valence-corrected chi connectivity index (χ1v) is 7.08. The molecule has 2 heterocycles. The first-order valence-electron chi connectivity index (χ1n) is 7.08. The van der Waals surface area contributed by atoms with Gasteiger partial charge < -0.3 is 20.1 Å². The van der Waals surface area contributed by atoms with Crippen LogP contribution in [0.1, 0.15) is 38.7 Å². The molecular weight excluding hydrogens is 270 g/mol. The lowest BCUT2D eigenvalue weighted by Gasteiger charge is -2.24. The second-order valence-corrected chi connectivity index (χ2v) is 6.24. The number of carbonyl (C=O) groups is 1. The minimum absolute atomic E-state index is 0.191. The highest BCUT2D eigenvalue weighted by molar-refractivity contribution is 5.68. The van der Waals surface area contributed by atoms with Crippen molar-refractivity contribution in [3.63, 3.8) is 0 Å². The third-order valence-corrected chi connectivity index (χ3v) is 3.42. The smallest absolute Gasteiger partial charge is 0.410 e. The van der Waals surface area contributed by atoms with E-state index in [1.165, 1.54) is 0 Å². The molecule has 6 nitrogen and oxygen atoms in total. The fourth-order valence-electron chi connectivity index (χ4n) is 2.43. The van der Waals surface area contributed by atoms with Crippen LogP contribution in [0.3, 0.4) is 0 Å². The van der Waals surface area contributed by atoms with Gasteiger partial charge in [-0.25, -0.2) is 4.79 Å². The Morgan fingerprint density at radius 2 is 2.14 bits per heavy atom. The summed E-state index contributed by atoms with van der Waals surface area (Å²) in [7, 11) is 1.56. The van der Waals surface area contributed by atoms with Crippen molar-refractivity contribution in [3.8, 4) is 5.88 Å². The van der Waals surface area contributed by atoms with E-state index in [1.807, 2.05) is 26.8 Å². The molecule has 2 N–H and O–H groups in total. The lowest BCUT2D eigenvalue weighted by Crippen LogP contribution is -2.35. The number of nitrogen functional groups attached to an aromatic ring is 1. The molecule has 6 heteroatoms. The third-order valence-electron chi connectivity index (χ3n) is 3.42. The van der Waals surface area contributed by atoms with Gasteiger partial charge in [-0.3, -0.25) is 0 Å². The molecule has 0 spiro atoms. The van der Waals surface area contributed by atoms with Crippen LogP contribution >= 0.6 is 0 Å². The number of ether oxygens (including phenoxy) is 2. The molecule has 0 radical (unpaired) electrons. The highest BCUT2D eigenvalue weighted by atomic mass is 16.6. The Balaban J connectivity index is 2.04. The summed E-state index contributed by atoms with van der Waals surface area (Å²) >= 11 is 0. The maximum absolute atomic E-state index is 12.1. The summed E-state index contributed by atoms with van der Waals surface area (Å²) in [6.45, 7) is 6.87. The van der Waals surface area contributed by atoms with Gasteiger partial charge in [0.25, 0.3) is 0 Å². The summed E-state index contributed by atoms with van der Waals surface area (Å²) in [5.41, 5.74) is 6.46. The normalized spacial score (nSPS) is 18.7. The zero-order valence-corrected chi connectivity index (χ0v) is 13.0. The first-order chi connectivity index (χ1) is 9.80. The summed E-state index contributed by atoms with van der Waals surface area (Å²) in [4.78, 5) is 18.0. The van der Waals surface area contributed by atoms with Crippen LogP contribution < -0.4 is 10.5 Å². The molecule has 2 rings (SSSR count). The molecule has 0 aromatic carbocycles. The summed E-state index contributed by atoms with van der Waals surface area (Å²) in [6.07, 6.45) is 0.585. The number of likely N-dealkylation sites (tertiary alicyclic amines) is 1. The SMILES string of the molecule is COc1ccc(C2CCN(C(=O)OC(C)(C)C)C2)c(N)n1. The van der Waals surface area contributed by atoms with Crippen molar-refractivity contribution in [3.05, 3.63) is 17.7 Å². The van der Waals surface area contributed by atoms with Gasteiger partial charge in [0, 0.05) is 25.1 Å². The van der Waals surface area contributed by atoms with Crippen molar-refractivity contribution >= 4 is 11.9 Å². The van der Waals surface area contributed by atoms with Crippen LogP contribution in [0.4, 0.5) is 10.6 Å². The van der Waals surface area contributed by atoms with Gasteiger partial charge in [-0.15, -0.1) is 0 Å². The van der Waals surface area contributed by atoms with E-state index in [-0.39, 0.29) is 12.0 Å². The predicted octanol–water partition coefficient (Wildman–Crippen LogP) is 2.40. The number of nitrogens with two attached hydrogens (primary N) is 1. The Labute approximate surface area is 125 Å². The Kier molecular flexibility index (Phi) is 4.25. The molecule has 1 aliphatic heterocycles. The lowest BCUT2D eigenvalue weighted by atomic mass is 9.99. The van der Waals surface area contributed by atoms with Crippen molar-refractivity contribution in [1.29, 1.82) is 0 Å². The van der Waals surface area contributed by atoms with E-state index in [0.29, 0.717) is 24.8 Å². The molecule has 1 aliphatic rings. The van der Waals surface area contributed by atoms with E-state index in [9.17, 15) is 4.79 Å². The molecule has 116 valence electrons. The Morgan fingerprint density at radius 1 is 1.43 bits per heavy atom. The molecule has 0 aliphatic carbocycles. The Hall–Kier alpha value is -1.98. The predicted molar refractivity (Wildman–Crippen MR) is 80.4 cm³/mol. The quantitative estimate of drug-likeness (QED) is 0.906. The summed E-state index contributed by atoms with van der Waals surface area (Å²) in [5, 5.41) is 0. The van der Waals surface area contributed by atoms with Gasteiger partial charge in [0.05, 0.1) is 7.11 Å². The van der Waals surface area contributed by atoms with Crippen molar-refractivity contribution in [2.75, 3.05) is 25.9 Å². The van der Waals surface area contributed by atoms with Crippen molar-refractivity contribution in [1.82, 2.24) is 9.88 Å². The van der Waals surface area contributed by atoms with Crippen LogP contribution in [0.2, 0.25) is 0 Å². The van der Waals surface area contributed by atoms with Gasteiger partial charge in [0.1, 0.15) is 11.4 Å². The van der Waals surface area contributed by atoms with E-state index in [1.54, 1.807) is 18.1 Å². The highest BCUT2D eigenvalue weighted by Gasteiger charge is 2.31. The minimum atomic E-state index is -0.476. The number of hydrogen-bond acceptors (Lipinski definition) is 5. The van der Waals surface area contributed by atoms with Crippen LogP contribution in [-0.2, 0) is 4.74 Å². The average Bonchev–Trinajstić information content (AvgIpc) is 2.86. The standard InChI is InChI=1S/C15H23N3O3/c1-15(2,3)21-14(19)18-8-7-10(9-18)11-5-6-12(20-4)17-13(11)16/h5-6,10H,7-9H2,1-4H3,(H2,16,17). The van der Waals surface area contributed by atoms with Gasteiger partial charge in [-0.05, 0) is 38.8 Å². The first kappa shape index (κ1) is 15.4. The van der Waals surface area contributed by atoms with E-state index >= 15 is 0 Å². The van der Waals surface area contributed by atoms with Crippen LogP contribution in [0.15, 0.2) is 12.1 Å². The van der Waals surface area contributed by atoms with Crippen LogP contribution in [0.25, 0.3) is 0 Å². The number of amides is 1. The Morgan fingerprint density at radius 3 is 2.71 bits per heavy atom. The van der Waals surface area contributed by atoms with Crippen LogP contribution in [-0.4, -0.2) is 41.8 Å². The molecule has 1 amide bonds. The fraction of sp³-hybridized carbons (Fsp3) is 0.600. The lowest BCUT2D eigenvalue weighted by molar-refractivity contribution is 0.0292. The molecule has 1 atom stereocenters. The summed E-state index contributed by atoms with van der Waals surface area (Å²) in [6, 6.07) is 3.71. The summed E-state index contributed by atoms with van der Waals surface area (Å²) in [5.74, 6) is 1.15. The van der Waals surface area contributed by atoms with Gasteiger partial charge in [0.15, 0.2) is 0 Å². The van der Waals surface area contributed by atoms with E-state index in [0.717, 1.165) is 12.0 Å². The Bertz CT molecular complexity index is 525. The largest absolute Gasteiger partial charge is 0.481 e. The van der Waals surface area contributed by atoms with Crippen LogP contribution in [0.5, 0.6) is 5.88 Å². The summed E-state index contributed by atoms with van der Waals surface area (Å²) < 4.78 is 10.4. The molecule has 21 heavy (non-hydrogen) atoms. The number of anilines is 1. The zero-order chi connectivity index (χ0) is 15.6. The molecule has 1 aromatic rings. The van der Waals surface area contributed by atoms with Crippen molar-refractivity contribution in [2.45, 2.75) is 38.7 Å². The van der Waals surface area contributed by atoms with Gasteiger partial charge in [-0.2, -0.15) is 4.98 Å². The average molecular weight is 293 g/mol. The number of rotatable bonds is 2. The third kappa shape index (κ3) is 3.77. The topological polar surface area (TPSA) is 77.7 Å². The molecule has 0 saturated carbocycles. The maximum Gasteiger partial charge on any atom is 0.410 e. The minimum Gasteiger partial charge on any atom is -0.481 e. The zero-order valence-electron chi connectivity index (χ0n) is 13.0.